The van der Waals surface area contributed by atoms with Gasteiger partial charge in [-0.2, -0.15) is 0 Å². The number of hydrogen-bond acceptors (Lipinski definition) is 4. The van der Waals surface area contributed by atoms with E-state index in [1.54, 1.807) is 12.5 Å². The Morgan fingerprint density at radius 2 is 2.24 bits per heavy atom. The maximum absolute atomic E-state index is 12.8. The topological polar surface area (TPSA) is 69.0 Å². The van der Waals surface area contributed by atoms with Crippen molar-refractivity contribution in [2.75, 3.05) is 6.61 Å². The van der Waals surface area contributed by atoms with Gasteiger partial charge >= 0.3 is 0 Å². The standard InChI is InChI=1S/C19H20N4O2/c1-23-12-20-11-17(23)18-10-13(7-9-25-18)22-19(24)15-4-2-6-16-14(15)5-3-8-21-16/h2-6,8,11-13,18H,7,9-10H2,1H3,(H,22,24)/t13-,18-/m0/s1. The van der Waals surface area contributed by atoms with Gasteiger partial charge in [-0.1, -0.05) is 12.1 Å². The van der Waals surface area contributed by atoms with Crippen molar-refractivity contribution in [3.05, 3.63) is 60.3 Å². The van der Waals surface area contributed by atoms with Crippen LogP contribution in [-0.4, -0.2) is 33.1 Å². The molecule has 3 aromatic rings. The van der Waals surface area contributed by atoms with E-state index in [4.69, 9.17) is 4.74 Å². The average molecular weight is 336 g/mol. The van der Waals surface area contributed by atoms with Gasteiger partial charge in [-0.25, -0.2) is 4.98 Å². The number of ether oxygens (including phenoxy) is 1. The molecule has 6 heteroatoms. The van der Waals surface area contributed by atoms with Crippen molar-refractivity contribution in [1.29, 1.82) is 0 Å². The number of carbonyl (C=O) groups is 1. The highest BCUT2D eigenvalue weighted by molar-refractivity contribution is 6.06. The van der Waals surface area contributed by atoms with Crippen LogP contribution >= 0.6 is 0 Å². The van der Waals surface area contributed by atoms with E-state index in [9.17, 15) is 4.79 Å². The molecule has 1 amide bonds. The van der Waals surface area contributed by atoms with Gasteiger partial charge in [0.05, 0.1) is 23.7 Å². The van der Waals surface area contributed by atoms with E-state index in [1.807, 2.05) is 48.1 Å². The first-order valence-corrected chi connectivity index (χ1v) is 8.45. The van der Waals surface area contributed by atoms with Crippen molar-refractivity contribution in [3.8, 4) is 0 Å². The summed E-state index contributed by atoms with van der Waals surface area (Å²) in [7, 11) is 1.96. The molecule has 0 aliphatic carbocycles. The molecule has 1 fully saturated rings. The number of carbonyl (C=O) groups excluding carboxylic acids is 1. The van der Waals surface area contributed by atoms with Crippen LogP contribution in [0.3, 0.4) is 0 Å². The quantitative estimate of drug-likeness (QED) is 0.798. The van der Waals surface area contributed by atoms with Crippen LogP contribution in [-0.2, 0) is 11.8 Å². The lowest BCUT2D eigenvalue weighted by molar-refractivity contribution is -0.00300. The van der Waals surface area contributed by atoms with Gasteiger partial charge in [-0.15, -0.1) is 0 Å². The predicted molar refractivity (Wildman–Crippen MR) is 94.1 cm³/mol. The molecule has 0 bridgehead atoms. The number of fused-ring (bicyclic) bond motifs is 1. The molecule has 1 aliphatic rings. The molecule has 128 valence electrons. The van der Waals surface area contributed by atoms with E-state index >= 15 is 0 Å². The summed E-state index contributed by atoms with van der Waals surface area (Å²) in [6.45, 7) is 0.623. The third-order valence-corrected chi connectivity index (χ3v) is 4.69. The molecule has 0 radical (unpaired) electrons. The molecule has 1 saturated heterocycles. The fourth-order valence-corrected chi connectivity index (χ4v) is 3.38. The Morgan fingerprint density at radius 1 is 1.32 bits per heavy atom. The lowest BCUT2D eigenvalue weighted by Crippen LogP contribution is -2.40. The highest BCUT2D eigenvalue weighted by Crippen LogP contribution is 2.28. The van der Waals surface area contributed by atoms with E-state index in [1.165, 1.54) is 0 Å². The van der Waals surface area contributed by atoms with Crippen LogP contribution in [0.4, 0.5) is 0 Å². The van der Waals surface area contributed by atoms with Crippen molar-refractivity contribution >= 4 is 16.8 Å². The van der Waals surface area contributed by atoms with Crippen molar-refractivity contribution in [2.45, 2.75) is 25.0 Å². The number of hydrogen-bond donors (Lipinski definition) is 1. The summed E-state index contributed by atoms with van der Waals surface area (Å²) in [5, 5.41) is 4.04. The Hall–Kier alpha value is -2.73. The van der Waals surface area contributed by atoms with Gasteiger partial charge in [0, 0.05) is 36.8 Å². The molecule has 2 atom stereocenters. The van der Waals surface area contributed by atoms with Crippen LogP contribution in [0.1, 0.15) is 35.0 Å². The Labute approximate surface area is 145 Å². The van der Waals surface area contributed by atoms with Crippen molar-refractivity contribution in [2.24, 2.45) is 7.05 Å². The molecule has 0 spiro atoms. The SMILES string of the molecule is Cn1cncc1[C@@H]1C[C@@H](NC(=O)c2cccc3ncccc23)CCO1. The molecule has 3 heterocycles. The minimum Gasteiger partial charge on any atom is -0.372 e. The molecule has 4 rings (SSSR count). The van der Waals surface area contributed by atoms with Gasteiger partial charge in [0.1, 0.15) is 6.10 Å². The number of aromatic nitrogens is 3. The van der Waals surface area contributed by atoms with Crippen molar-refractivity contribution in [3.63, 3.8) is 0 Å². The zero-order valence-electron chi connectivity index (χ0n) is 14.1. The maximum Gasteiger partial charge on any atom is 0.252 e. The fourth-order valence-electron chi connectivity index (χ4n) is 3.38. The van der Waals surface area contributed by atoms with E-state index in [-0.39, 0.29) is 18.1 Å². The highest BCUT2D eigenvalue weighted by Gasteiger charge is 2.27. The minimum absolute atomic E-state index is 0.0410. The normalized spacial score (nSPS) is 20.5. The van der Waals surface area contributed by atoms with Gasteiger partial charge < -0.3 is 14.6 Å². The number of nitrogens with zero attached hydrogens (tertiary/aromatic N) is 3. The van der Waals surface area contributed by atoms with E-state index < -0.39 is 0 Å². The van der Waals surface area contributed by atoms with Crippen LogP contribution in [0, 0.1) is 0 Å². The Balaban J connectivity index is 1.51. The van der Waals surface area contributed by atoms with Crippen molar-refractivity contribution in [1.82, 2.24) is 19.9 Å². The van der Waals surface area contributed by atoms with Crippen LogP contribution in [0.15, 0.2) is 49.1 Å². The smallest absolute Gasteiger partial charge is 0.252 e. The first-order chi connectivity index (χ1) is 12.2. The molecule has 6 nitrogen and oxygen atoms in total. The average Bonchev–Trinajstić information content (AvgIpc) is 3.07. The number of benzene rings is 1. The number of rotatable bonds is 3. The highest BCUT2D eigenvalue weighted by atomic mass is 16.5. The molecule has 2 aromatic heterocycles. The van der Waals surface area contributed by atoms with Crippen LogP contribution < -0.4 is 5.32 Å². The van der Waals surface area contributed by atoms with E-state index in [2.05, 4.69) is 15.3 Å². The summed E-state index contributed by atoms with van der Waals surface area (Å²) < 4.78 is 7.83. The lowest BCUT2D eigenvalue weighted by atomic mass is 10.00. The molecule has 1 aliphatic heterocycles. The third-order valence-electron chi connectivity index (χ3n) is 4.69. The second kappa shape index (κ2) is 6.64. The Morgan fingerprint density at radius 3 is 3.08 bits per heavy atom. The summed E-state index contributed by atoms with van der Waals surface area (Å²) in [5.41, 5.74) is 2.53. The Bertz CT molecular complexity index is 900. The summed E-state index contributed by atoms with van der Waals surface area (Å²) in [5.74, 6) is -0.0609. The first kappa shape index (κ1) is 15.8. The number of amides is 1. The molecule has 25 heavy (non-hydrogen) atoms. The van der Waals surface area contributed by atoms with Crippen LogP contribution in [0.2, 0.25) is 0 Å². The second-order valence-electron chi connectivity index (χ2n) is 6.36. The second-order valence-corrected chi connectivity index (χ2v) is 6.36. The van der Waals surface area contributed by atoms with Gasteiger partial charge in [-0.05, 0) is 31.0 Å². The van der Waals surface area contributed by atoms with Crippen LogP contribution in [0.5, 0.6) is 0 Å². The maximum atomic E-state index is 12.8. The molecular weight excluding hydrogens is 316 g/mol. The predicted octanol–water partition coefficient (Wildman–Crippen LogP) is 2.62. The zero-order valence-corrected chi connectivity index (χ0v) is 14.1. The summed E-state index contributed by atoms with van der Waals surface area (Å²) in [4.78, 5) is 21.3. The number of imidazole rings is 1. The van der Waals surface area contributed by atoms with Crippen LogP contribution in [0.25, 0.3) is 10.9 Å². The Kier molecular flexibility index (Phi) is 4.19. The molecule has 1 aromatic carbocycles. The van der Waals surface area contributed by atoms with Gasteiger partial charge in [0.15, 0.2) is 0 Å². The zero-order chi connectivity index (χ0) is 17.2. The molecule has 1 N–H and O–H groups in total. The third kappa shape index (κ3) is 3.13. The monoisotopic (exact) mass is 336 g/mol. The van der Waals surface area contributed by atoms with Gasteiger partial charge in [-0.3, -0.25) is 9.78 Å². The van der Waals surface area contributed by atoms with Gasteiger partial charge in [0.25, 0.3) is 5.91 Å². The minimum atomic E-state index is -0.0609. The van der Waals surface area contributed by atoms with E-state index in [0.29, 0.717) is 12.2 Å². The lowest BCUT2D eigenvalue weighted by Gasteiger charge is -2.30. The summed E-state index contributed by atoms with van der Waals surface area (Å²) >= 11 is 0. The summed E-state index contributed by atoms with van der Waals surface area (Å²) in [6, 6.07) is 9.49. The number of aryl methyl sites for hydroxylation is 1. The molecular formula is C19H20N4O2. The fraction of sp³-hybridized carbons (Fsp3) is 0.316. The van der Waals surface area contributed by atoms with E-state index in [0.717, 1.165) is 29.4 Å². The van der Waals surface area contributed by atoms with Crippen molar-refractivity contribution < 1.29 is 9.53 Å². The number of pyridine rings is 1. The summed E-state index contributed by atoms with van der Waals surface area (Å²) in [6.07, 6.45) is 6.84. The molecule has 0 unspecified atom stereocenters. The first-order valence-electron chi connectivity index (χ1n) is 8.45. The largest absolute Gasteiger partial charge is 0.372 e. The molecule has 0 saturated carbocycles. The number of nitrogens with one attached hydrogen (secondary N) is 1. The van der Waals surface area contributed by atoms with Gasteiger partial charge in [0.2, 0.25) is 0 Å².